The number of aromatic amines is 1. The summed E-state index contributed by atoms with van der Waals surface area (Å²) >= 11 is 5.73. The number of nitrogens with one attached hydrogen (secondary N) is 2. The van der Waals surface area contributed by atoms with Crippen molar-refractivity contribution in [3.05, 3.63) is 47.0 Å². The number of aromatic nitrogens is 4. The minimum Gasteiger partial charge on any atom is -0.382 e. The molecule has 8 heteroatoms. The van der Waals surface area contributed by atoms with Gasteiger partial charge in [-0.15, -0.1) is 0 Å². The van der Waals surface area contributed by atoms with Crippen LogP contribution in [0.2, 0.25) is 5.02 Å². The van der Waals surface area contributed by atoms with Gasteiger partial charge in [-0.25, -0.2) is 14.4 Å². The number of hydrogen-bond acceptors (Lipinski definition) is 5. The SMILES string of the molecule is Cc1cc(Nc2cnc(-c3ccc(Cl)cc3F)c(N)n2)n[nH]1. The lowest BCUT2D eigenvalue weighted by Gasteiger charge is -2.08. The number of aryl methyl sites for hydroxylation is 1. The second-order valence-electron chi connectivity index (χ2n) is 4.67. The summed E-state index contributed by atoms with van der Waals surface area (Å²) in [7, 11) is 0. The van der Waals surface area contributed by atoms with Crippen LogP contribution < -0.4 is 11.1 Å². The van der Waals surface area contributed by atoms with E-state index in [2.05, 4.69) is 25.5 Å². The van der Waals surface area contributed by atoms with Crippen LogP contribution in [0.25, 0.3) is 11.3 Å². The molecule has 0 saturated carbocycles. The van der Waals surface area contributed by atoms with E-state index in [1.807, 2.05) is 13.0 Å². The Morgan fingerprint density at radius 3 is 2.73 bits per heavy atom. The van der Waals surface area contributed by atoms with Gasteiger partial charge in [0.15, 0.2) is 17.5 Å². The van der Waals surface area contributed by atoms with Crippen LogP contribution in [0.4, 0.5) is 21.8 Å². The summed E-state index contributed by atoms with van der Waals surface area (Å²) in [5.41, 5.74) is 7.29. The maximum atomic E-state index is 13.9. The lowest BCUT2D eigenvalue weighted by molar-refractivity contribution is 0.631. The molecule has 0 saturated heterocycles. The average molecular weight is 319 g/mol. The van der Waals surface area contributed by atoms with Crippen molar-refractivity contribution in [2.45, 2.75) is 6.92 Å². The summed E-state index contributed by atoms with van der Waals surface area (Å²) in [4.78, 5) is 8.34. The Morgan fingerprint density at radius 1 is 1.27 bits per heavy atom. The van der Waals surface area contributed by atoms with Crippen LogP contribution in [0.3, 0.4) is 0 Å². The standard InChI is InChI=1S/C14H12ClFN6/c1-7-4-11(22-21-7)19-12-6-18-13(14(17)20-12)9-3-2-8(15)5-10(9)16/h2-6H,1H3,(H4,17,19,20,21,22). The van der Waals surface area contributed by atoms with Gasteiger partial charge in [0, 0.05) is 22.3 Å². The Balaban J connectivity index is 1.92. The summed E-state index contributed by atoms with van der Waals surface area (Å²) in [6, 6.07) is 6.10. The summed E-state index contributed by atoms with van der Waals surface area (Å²) < 4.78 is 13.9. The van der Waals surface area contributed by atoms with E-state index in [1.54, 1.807) is 6.07 Å². The first-order valence-corrected chi connectivity index (χ1v) is 6.77. The highest BCUT2D eigenvalue weighted by atomic mass is 35.5. The van der Waals surface area contributed by atoms with Crippen molar-refractivity contribution in [2.24, 2.45) is 0 Å². The molecule has 22 heavy (non-hydrogen) atoms. The Kier molecular flexibility index (Phi) is 3.64. The number of rotatable bonds is 3. The van der Waals surface area contributed by atoms with Gasteiger partial charge in [-0.2, -0.15) is 5.10 Å². The molecule has 0 fully saturated rings. The fourth-order valence-corrected chi connectivity index (χ4v) is 2.12. The van der Waals surface area contributed by atoms with Gasteiger partial charge in [0.2, 0.25) is 0 Å². The number of halogens is 2. The van der Waals surface area contributed by atoms with Crippen molar-refractivity contribution in [1.29, 1.82) is 0 Å². The van der Waals surface area contributed by atoms with Gasteiger partial charge < -0.3 is 11.1 Å². The van der Waals surface area contributed by atoms with Gasteiger partial charge in [-0.1, -0.05) is 11.6 Å². The van der Waals surface area contributed by atoms with Crippen LogP contribution in [0.15, 0.2) is 30.5 Å². The molecule has 0 aliphatic carbocycles. The predicted molar refractivity (Wildman–Crippen MR) is 83.5 cm³/mol. The summed E-state index contributed by atoms with van der Waals surface area (Å²) in [6.45, 7) is 1.88. The highest BCUT2D eigenvalue weighted by Gasteiger charge is 2.12. The number of anilines is 3. The molecule has 0 atom stereocenters. The number of nitrogens with zero attached hydrogens (tertiary/aromatic N) is 3. The van der Waals surface area contributed by atoms with E-state index in [4.69, 9.17) is 17.3 Å². The van der Waals surface area contributed by atoms with Crippen molar-refractivity contribution in [3.63, 3.8) is 0 Å². The van der Waals surface area contributed by atoms with E-state index in [-0.39, 0.29) is 17.1 Å². The molecule has 4 N–H and O–H groups in total. The van der Waals surface area contributed by atoms with Crippen LogP contribution in [-0.4, -0.2) is 20.2 Å². The fraction of sp³-hybridized carbons (Fsp3) is 0.0714. The van der Waals surface area contributed by atoms with E-state index in [9.17, 15) is 4.39 Å². The van der Waals surface area contributed by atoms with Crippen LogP contribution >= 0.6 is 11.6 Å². The van der Waals surface area contributed by atoms with Gasteiger partial charge in [0.1, 0.15) is 11.5 Å². The van der Waals surface area contributed by atoms with E-state index in [0.29, 0.717) is 16.7 Å². The average Bonchev–Trinajstić information content (AvgIpc) is 2.85. The van der Waals surface area contributed by atoms with Gasteiger partial charge in [0.25, 0.3) is 0 Å². The third-order valence-corrected chi connectivity index (χ3v) is 3.18. The molecule has 6 nitrogen and oxygen atoms in total. The van der Waals surface area contributed by atoms with Crippen LogP contribution in [0.5, 0.6) is 0 Å². The number of benzene rings is 1. The van der Waals surface area contributed by atoms with Crippen molar-refractivity contribution in [1.82, 2.24) is 20.2 Å². The number of nitrogens with two attached hydrogens (primary N) is 1. The Bertz CT molecular complexity index is 832. The molecule has 112 valence electrons. The molecule has 2 aromatic heterocycles. The van der Waals surface area contributed by atoms with Gasteiger partial charge >= 0.3 is 0 Å². The zero-order valence-electron chi connectivity index (χ0n) is 11.6. The molecule has 0 aliphatic rings. The summed E-state index contributed by atoms with van der Waals surface area (Å²) in [6.07, 6.45) is 1.46. The van der Waals surface area contributed by atoms with Crippen molar-refractivity contribution in [3.8, 4) is 11.3 Å². The van der Waals surface area contributed by atoms with Gasteiger partial charge in [-0.3, -0.25) is 5.10 Å². The van der Waals surface area contributed by atoms with Crippen molar-refractivity contribution < 1.29 is 4.39 Å². The van der Waals surface area contributed by atoms with Gasteiger partial charge in [0.05, 0.1) is 6.20 Å². The molecule has 0 radical (unpaired) electrons. The molecule has 1 aromatic carbocycles. The fourth-order valence-electron chi connectivity index (χ4n) is 1.97. The maximum Gasteiger partial charge on any atom is 0.153 e. The molecular weight excluding hydrogens is 307 g/mol. The predicted octanol–water partition coefficient (Wildman–Crippen LogP) is 3.29. The molecular formula is C14H12ClFN6. The van der Waals surface area contributed by atoms with E-state index < -0.39 is 5.82 Å². The van der Waals surface area contributed by atoms with E-state index >= 15 is 0 Å². The second-order valence-corrected chi connectivity index (χ2v) is 5.11. The van der Waals surface area contributed by atoms with E-state index in [1.165, 1.54) is 18.3 Å². The smallest absolute Gasteiger partial charge is 0.153 e. The van der Waals surface area contributed by atoms with E-state index in [0.717, 1.165) is 5.69 Å². The zero-order valence-corrected chi connectivity index (χ0v) is 12.3. The van der Waals surface area contributed by atoms with Gasteiger partial charge in [-0.05, 0) is 25.1 Å². The zero-order chi connectivity index (χ0) is 15.7. The monoisotopic (exact) mass is 318 g/mol. The summed E-state index contributed by atoms with van der Waals surface area (Å²) in [5.74, 6) is 0.620. The molecule has 3 aromatic rings. The first-order chi connectivity index (χ1) is 10.5. The highest BCUT2D eigenvalue weighted by molar-refractivity contribution is 6.30. The Hall–Kier alpha value is -2.67. The minimum atomic E-state index is -0.503. The lowest BCUT2D eigenvalue weighted by Crippen LogP contribution is -2.02. The molecule has 0 spiro atoms. The largest absolute Gasteiger partial charge is 0.382 e. The third-order valence-electron chi connectivity index (χ3n) is 2.95. The number of hydrogen-bond donors (Lipinski definition) is 3. The molecule has 0 unspecified atom stereocenters. The number of H-pyrrole nitrogens is 1. The second kappa shape index (κ2) is 5.61. The first-order valence-electron chi connectivity index (χ1n) is 6.40. The molecule has 2 heterocycles. The minimum absolute atomic E-state index is 0.110. The van der Waals surface area contributed by atoms with Crippen molar-refractivity contribution >= 4 is 29.1 Å². The summed E-state index contributed by atoms with van der Waals surface area (Å²) in [5, 5.41) is 10.1. The Morgan fingerprint density at radius 2 is 2.09 bits per heavy atom. The Labute approximate surface area is 130 Å². The lowest BCUT2D eigenvalue weighted by atomic mass is 10.1. The maximum absolute atomic E-state index is 13.9. The quantitative estimate of drug-likeness (QED) is 0.689. The normalized spacial score (nSPS) is 10.7. The van der Waals surface area contributed by atoms with Crippen LogP contribution in [0, 0.1) is 12.7 Å². The van der Waals surface area contributed by atoms with Crippen LogP contribution in [-0.2, 0) is 0 Å². The van der Waals surface area contributed by atoms with Crippen molar-refractivity contribution in [2.75, 3.05) is 11.1 Å². The molecule has 0 aliphatic heterocycles. The molecule has 0 bridgehead atoms. The third kappa shape index (κ3) is 2.84. The van der Waals surface area contributed by atoms with Crippen LogP contribution in [0.1, 0.15) is 5.69 Å². The molecule has 0 amide bonds. The number of nitrogen functional groups attached to an aromatic ring is 1. The topological polar surface area (TPSA) is 92.5 Å². The molecule has 3 rings (SSSR count). The highest BCUT2D eigenvalue weighted by Crippen LogP contribution is 2.28. The first kappa shape index (κ1) is 14.3.